The molecule has 2 amide bonds. The number of nitrogens with zero attached hydrogens (tertiary/aromatic N) is 1. The van der Waals surface area contributed by atoms with Crippen LogP contribution < -0.4 is 19.7 Å². The Morgan fingerprint density at radius 3 is 2.71 bits per heavy atom. The zero-order chi connectivity index (χ0) is 24.4. The van der Waals surface area contributed by atoms with E-state index in [0.29, 0.717) is 40.3 Å². The third-order valence-electron chi connectivity index (χ3n) is 5.72. The summed E-state index contributed by atoms with van der Waals surface area (Å²) < 4.78 is 11.2. The van der Waals surface area contributed by atoms with Crippen molar-refractivity contribution >= 4 is 46.9 Å². The number of carbonyl (C=O) groups excluding carboxylic acids is 2. The van der Waals surface area contributed by atoms with E-state index in [2.05, 4.69) is 5.32 Å². The maximum atomic E-state index is 13.4. The zero-order valence-electron chi connectivity index (χ0n) is 19.0. The molecule has 0 spiro atoms. The molecule has 0 aliphatic carbocycles. The van der Waals surface area contributed by atoms with Crippen LogP contribution in [0.3, 0.4) is 0 Å². The summed E-state index contributed by atoms with van der Waals surface area (Å²) in [6.45, 7) is 2.82. The molecule has 5 rings (SSSR count). The summed E-state index contributed by atoms with van der Waals surface area (Å²) in [5, 5.41) is 3.60. The Labute approximate surface area is 212 Å². The number of hydrogen-bond acceptors (Lipinski definition) is 5. The molecule has 1 N–H and O–H groups in total. The summed E-state index contributed by atoms with van der Waals surface area (Å²) in [5.74, 6) is 0.883. The van der Waals surface area contributed by atoms with Crippen molar-refractivity contribution in [2.75, 3.05) is 24.7 Å². The number of halogens is 1. The highest BCUT2D eigenvalue weighted by molar-refractivity contribution is 8.04. The quantitative estimate of drug-likeness (QED) is 0.465. The number of amides is 2. The number of benzene rings is 3. The lowest BCUT2D eigenvalue weighted by Gasteiger charge is -2.30. The van der Waals surface area contributed by atoms with Gasteiger partial charge in [-0.25, -0.2) is 0 Å². The normalized spacial score (nSPS) is 16.6. The van der Waals surface area contributed by atoms with Crippen LogP contribution in [0.4, 0.5) is 5.69 Å². The van der Waals surface area contributed by atoms with Gasteiger partial charge in [0.25, 0.3) is 5.91 Å². The van der Waals surface area contributed by atoms with Crippen molar-refractivity contribution in [1.29, 1.82) is 0 Å². The number of nitrogens with one attached hydrogen (secondary N) is 1. The first kappa shape index (κ1) is 23.3. The van der Waals surface area contributed by atoms with E-state index >= 15 is 0 Å². The first-order chi connectivity index (χ1) is 17.0. The smallest absolute Gasteiger partial charge is 0.265 e. The molecule has 1 unspecified atom stereocenters. The average molecular weight is 507 g/mol. The van der Waals surface area contributed by atoms with Crippen LogP contribution in [0, 0.1) is 0 Å². The van der Waals surface area contributed by atoms with Crippen LogP contribution in [0.25, 0.3) is 6.08 Å². The van der Waals surface area contributed by atoms with Gasteiger partial charge < -0.3 is 14.8 Å². The number of rotatable bonds is 5. The molecular formula is C27H23ClN2O4S. The molecule has 0 fully saturated rings. The number of carbonyl (C=O) groups is 2. The highest BCUT2D eigenvalue weighted by Gasteiger charge is 2.31. The third kappa shape index (κ3) is 5.16. The molecule has 0 radical (unpaired) electrons. The highest BCUT2D eigenvalue weighted by Crippen LogP contribution is 2.42. The summed E-state index contributed by atoms with van der Waals surface area (Å²) in [4.78, 5) is 29.4. The van der Waals surface area contributed by atoms with E-state index in [4.69, 9.17) is 21.1 Å². The molecule has 2 aliphatic rings. The average Bonchev–Trinajstić information content (AvgIpc) is 2.86. The molecule has 1 atom stereocenters. The van der Waals surface area contributed by atoms with Crippen molar-refractivity contribution in [1.82, 2.24) is 5.32 Å². The second-order valence-corrected chi connectivity index (χ2v) is 9.74. The van der Waals surface area contributed by atoms with Crippen molar-refractivity contribution in [3.05, 3.63) is 87.8 Å². The number of thioether (sulfide) groups is 1. The van der Waals surface area contributed by atoms with Gasteiger partial charge in [-0.15, -0.1) is 0 Å². The summed E-state index contributed by atoms with van der Waals surface area (Å²) in [6.07, 6.45) is 1.80. The van der Waals surface area contributed by atoms with Gasteiger partial charge in [0.1, 0.15) is 19.8 Å². The van der Waals surface area contributed by atoms with Crippen LogP contribution in [0.1, 0.15) is 24.1 Å². The first-order valence-electron chi connectivity index (χ1n) is 11.2. The van der Waals surface area contributed by atoms with Crippen molar-refractivity contribution in [3.8, 4) is 11.5 Å². The maximum absolute atomic E-state index is 13.4. The second-order valence-electron chi connectivity index (χ2n) is 8.22. The molecule has 8 heteroatoms. The van der Waals surface area contributed by atoms with E-state index in [1.54, 1.807) is 18.2 Å². The number of hydrogen-bond donors (Lipinski definition) is 1. The molecule has 3 aromatic carbocycles. The number of anilines is 1. The summed E-state index contributed by atoms with van der Waals surface area (Å²) in [7, 11) is 0. The summed E-state index contributed by atoms with van der Waals surface area (Å²) in [5.41, 5.74) is 2.43. The van der Waals surface area contributed by atoms with Gasteiger partial charge in [0.05, 0.1) is 16.6 Å². The highest BCUT2D eigenvalue weighted by atomic mass is 35.5. The van der Waals surface area contributed by atoms with E-state index in [1.165, 1.54) is 16.7 Å². The minimum absolute atomic E-state index is 0.0990. The molecule has 0 aromatic heterocycles. The van der Waals surface area contributed by atoms with Crippen molar-refractivity contribution < 1.29 is 19.1 Å². The Hall–Kier alpha value is -3.42. The fourth-order valence-corrected chi connectivity index (χ4v) is 5.27. The van der Waals surface area contributed by atoms with Gasteiger partial charge in [-0.3, -0.25) is 14.5 Å². The lowest BCUT2D eigenvalue weighted by molar-refractivity contribution is -0.122. The van der Waals surface area contributed by atoms with Gasteiger partial charge in [0.15, 0.2) is 11.5 Å². The fraction of sp³-hybridized carbons (Fsp3) is 0.185. The Morgan fingerprint density at radius 2 is 1.89 bits per heavy atom. The Kier molecular flexibility index (Phi) is 6.70. The monoisotopic (exact) mass is 506 g/mol. The lowest BCUT2D eigenvalue weighted by atomic mass is 10.1. The van der Waals surface area contributed by atoms with Gasteiger partial charge in [0.2, 0.25) is 5.91 Å². The van der Waals surface area contributed by atoms with Crippen molar-refractivity contribution in [2.45, 2.75) is 17.9 Å². The van der Waals surface area contributed by atoms with E-state index in [9.17, 15) is 9.59 Å². The van der Waals surface area contributed by atoms with Crippen LogP contribution in [-0.4, -0.2) is 31.6 Å². The Balaban J connectivity index is 1.35. The predicted molar refractivity (Wildman–Crippen MR) is 138 cm³/mol. The molecule has 0 saturated heterocycles. The van der Waals surface area contributed by atoms with Gasteiger partial charge >= 0.3 is 0 Å². The molecule has 6 nitrogen and oxygen atoms in total. The number of para-hydroxylation sites is 1. The van der Waals surface area contributed by atoms with Gasteiger partial charge in [0, 0.05) is 9.92 Å². The van der Waals surface area contributed by atoms with Crippen molar-refractivity contribution in [3.63, 3.8) is 0 Å². The molecule has 2 heterocycles. The molecule has 2 aliphatic heterocycles. The molecule has 0 bridgehead atoms. The fourth-order valence-electron chi connectivity index (χ4n) is 4.01. The van der Waals surface area contributed by atoms with Crippen LogP contribution >= 0.6 is 23.4 Å². The SMILES string of the molecule is CC(NC(=O)CN1C(=O)C(=Cc2cccc(Cl)c2)Sc2ccccc21)c1ccc2c(c1)OCCO2. The van der Waals surface area contributed by atoms with E-state index < -0.39 is 0 Å². The number of fused-ring (bicyclic) bond motifs is 2. The molecular weight excluding hydrogens is 484 g/mol. The number of ether oxygens (including phenoxy) is 2. The largest absolute Gasteiger partial charge is 0.486 e. The van der Waals surface area contributed by atoms with Gasteiger partial charge in [-0.2, -0.15) is 0 Å². The first-order valence-corrected chi connectivity index (χ1v) is 12.4. The van der Waals surface area contributed by atoms with Gasteiger partial charge in [-0.05, 0) is 60.5 Å². The second kappa shape index (κ2) is 10.1. The van der Waals surface area contributed by atoms with Crippen molar-refractivity contribution in [2.24, 2.45) is 0 Å². The van der Waals surface area contributed by atoms with E-state index in [-0.39, 0.29) is 24.4 Å². The lowest BCUT2D eigenvalue weighted by Crippen LogP contribution is -2.43. The molecule has 3 aromatic rings. The van der Waals surface area contributed by atoms with Crippen LogP contribution in [0.15, 0.2) is 76.5 Å². The molecule has 178 valence electrons. The summed E-state index contributed by atoms with van der Waals surface area (Å²) >= 11 is 7.51. The Bertz CT molecular complexity index is 1330. The minimum atomic E-state index is -0.274. The van der Waals surface area contributed by atoms with Crippen LogP contribution in [-0.2, 0) is 9.59 Å². The summed E-state index contributed by atoms with van der Waals surface area (Å²) in [6, 6.07) is 20.3. The Morgan fingerprint density at radius 1 is 1.09 bits per heavy atom. The predicted octanol–water partition coefficient (Wildman–Crippen LogP) is 5.47. The maximum Gasteiger partial charge on any atom is 0.265 e. The molecule has 0 saturated carbocycles. The van der Waals surface area contributed by atoms with E-state index in [1.807, 2.05) is 61.5 Å². The van der Waals surface area contributed by atoms with Crippen LogP contribution in [0.2, 0.25) is 5.02 Å². The standard InChI is InChI=1S/C27H23ClN2O4S/c1-17(19-9-10-22-23(15-19)34-12-11-33-22)29-26(31)16-30-21-7-2-3-8-24(21)35-25(27(30)32)14-18-5-4-6-20(28)13-18/h2-10,13-15,17H,11-12,16H2,1H3,(H,29,31). The minimum Gasteiger partial charge on any atom is -0.486 e. The van der Waals surface area contributed by atoms with Gasteiger partial charge in [-0.1, -0.05) is 53.7 Å². The topological polar surface area (TPSA) is 67.9 Å². The zero-order valence-corrected chi connectivity index (χ0v) is 20.6. The van der Waals surface area contributed by atoms with E-state index in [0.717, 1.165) is 16.0 Å². The van der Waals surface area contributed by atoms with Crippen LogP contribution in [0.5, 0.6) is 11.5 Å². The molecule has 35 heavy (non-hydrogen) atoms. The third-order valence-corrected chi connectivity index (χ3v) is 7.04.